The topological polar surface area (TPSA) is 73.4 Å². The predicted molar refractivity (Wildman–Crippen MR) is 85.3 cm³/mol. The van der Waals surface area contributed by atoms with Crippen LogP contribution in [0.5, 0.6) is 0 Å². The van der Waals surface area contributed by atoms with E-state index < -0.39 is 0 Å². The Morgan fingerprint density at radius 2 is 2.25 bits per heavy atom. The van der Waals surface area contributed by atoms with Crippen LogP contribution >= 0.6 is 0 Å². The van der Waals surface area contributed by atoms with Crippen molar-refractivity contribution >= 4 is 5.91 Å². The molecule has 7 nitrogen and oxygen atoms in total. The number of oxazole rings is 1. The lowest BCUT2D eigenvalue weighted by Gasteiger charge is -2.29. The van der Waals surface area contributed by atoms with Crippen LogP contribution in [0.1, 0.15) is 41.2 Å². The predicted octanol–water partition coefficient (Wildman–Crippen LogP) is 2.02. The Bertz CT molecular complexity index is 719. The van der Waals surface area contributed by atoms with Crippen molar-refractivity contribution in [3.63, 3.8) is 0 Å². The molecule has 1 aliphatic heterocycles. The summed E-state index contributed by atoms with van der Waals surface area (Å²) in [6, 6.07) is 1.98. The van der Waals surface area contributed by atoms with Crippen LogP contribution in [0.15, 0.2) is 23.1 Å². The van der Waals surface area contributed by atoms with Gasteiger partial charge in [-0.3, -0.25) is 9.48 Å². The summed E-state index contributed by atoms with van der Waals surface area (Å²) < 4.78 is 13.2. The number of aromatic nitrogens is 3. The molecule has 0 spiro atoms. The SMILES string of the molecule is Cc1ncoc1C(=O)N1Cc2ccnn2CC[C@@H]1COCC1CC1. The molecule has 24 heavy (non-hydrogen) atoms. The number of hydrogen-bond donors (Lipinski definition) is 0. The minimum absolute atomic E-state index is 0.0162. The minimum Gasteiger partial charge on any atom is -0.438 e. The van der Waals surface area contributed by atoms with Gasteiger partial charge in [-0.15, -0.1) is 0 Å². The molecule has 0 unspecified atom stereocenters. The normalized spacial score (nSPS) is 20.7. The molecule has 2 aromatic rings. The van der Waals surface area contributed by atoms with Gasteiger partial charge in [0.15, 0.2) is 6.39 Å². The Kier molecular flexibility index (Phi) is 4.10. The summed E-state index contributed by atoms with van der Waals surface area (Å²) in [5.41, 5.74) is 1.65. The van der Waals surface area contributed by atoms with E-state index >= 15 is 0 Å². The molecule has 0 N–H and O–H groups in total. The van der Waals surface area contributed by atoms with E-state index in [9.17, 15) is 4.79 Å². The quantitative estimate of drug-likeness (QED) is 0.838. The van der Waals surface area contributed by atoms with Crippen molar-refractivity contribution in [2.45, 2.75) is 45.3 Å². The van der Waals surface area contributed by atoms with E-state index in [1.165, 1.54) is 19.2 Å². The number of ether oxygens (including phenoxy) is 1. The van der Waals surface area contributed by atoms with E-state index in [0.29, 0.717) is 30.5 Å². The lowest BCUT2D eigenvalue weighted by Crippen LogP contribution is -2.42. The van der Waals surface area contributed by atoms with Crippen LogP contribution < -0.4 is 0 Å². The average Bonchev–Trinajstić information content (AvgIpc) is 3.19. The Balaban J connectivity index is 1.54. The Morgan fingerprint density at radius 3 is 3.00 bits per heavy atom. The Labute approximate surface area is 140 Å². The molecular formula is C17H22N4O3. The maximum atomic E-state index is 13.0. The molecule has 2 aliphatic rings. The zero-order valence-electron chi connectivity index (χ0n) is 13.9. The van der Waals surface area contributed by atoms with Crippen LogP contribution in [0.25, 0.3) is 0 Å². The molecule has 0 bridgehead atoms. The second kappa shape index (κ2) is 6.39. The lowest BCUT2D eigenvalue weighted by molar-refractivity contribution is 0.0348. The number of amides is 1. The second-order valence-corrected chi connectivity index (χ2v) is 6.67. The van der Waals surface area contributed by atoms with Gasteiger partial charge in [0, 0.05) is 19.3 Å². The van der Waals surface area contributed by atoms with Gasteiger partial charge in [-0.2, -0.15) is 5.10 Å². The molecular weight excluding hydrogens is 308 g/mol. The molecule has 0 radical (unpaired) electrons. The summed E-state index contributed by atoms with van der Waals surface area (Å²) in [4.78, 5) is 18.9. The molecule has 1 fully saturated rings. The number of hydrogen-bond acceptors (Lipinski definition) is 5. The van der Waals surface area contributed by atoms with Crippen molar-refractivity contribution < 1.29 is 13.9 Å². The van der Waals surface area contributed by atoms with Gasteiger partial charge >= 0.3 is 0 Å². The monoisotopic (exact) mass is 330 g/mol. The second-order valence-electron chi connectivity index (χ2n) is 6.67. The van der Waals surface area contributed by atoms with Crippen molar-refractivity contribution in [3.05, 3.63) is 35.8 Å². The summed E-state index contributed by atoms with van der Waals surface area (Å²) in [6.07, 6.45) is 6.45. The fourth-order valence-electron chi connectivity index (χ4n) is 3.13. The molecule has 7 heteroatoms. The summed E-state index contributed by atoms with van der Waals surface area (Å²) in [5, 5.41) is 4.35. The van der Waals surface area contributed by atoms with Gasteiger partial charge in [0.05, 0.1) is 30.6 Å². The first-order chi connectivity index (χ1) is 11.7. The molecule has 4 rings (SSSR count). The zero-order chi connectivity index (χ0) is 16.5. The first-order valence-electron chi connectivity index (χ1n) is 8.52. The summed E-state index contributed by atoms with van der Waals surface area (Å²) in [6.45, 7) is 4.44. The van der Waals surface area contributed by atoms with Crippen molar-refractivity contribution in [1.29, 1.82) is 0 Å². The van der Waals surface area contributed by atoms with Gasteiger partial charge in [-0.1, -0.05) is 0 Å². The maximum Gasteiger partial charge on any atom is 0.292 e. The van der Waals surface area contributed by atoms with Gasteiger partial charge < -0.3 is 14.1 Å². The molecule has 1 atom stereocenters. The first-order valence-corrected chi connectivity index (χ1v) is 8.52. The van der Waals surface area contributed by atoms with E-state index in [1.54, 1.807) is 13.1 Å². The fraction of sp³-hybridized carbons (Fsp3) is 0.588. The van der Waals surface area contributed by atoms with Crippen LogP contribution in [0.2, 0.25) is 0 Å². The summed E-state index contributed by atoms with van der Waals surface area (Å²) >= 11 is 0. The number of carbonyl (C=O) groups excluding carboxylic acids is 1. The standard InChI is InChI=1S/C17H22N4O3/c1-12-16(24-11-18-12)17(22)20-8-14-4-6-19-21(14)7-5-15(20)10-23-9-13-2-3-13/h4,6,11,13,15H,2-3,5,7-10H2,1H3/t15-/m1/s1. The highest BCUT2D eigenvalue weighted by Gasteiger charge is 2.32. The van der Waals surface area contributed by atoms with Crippen molar-refractivity contribution in [2.24, 2.45) is 5.92 Å². The van der Waals surface area contributed by atoms with Crippen molar-refractivity contribution in [2.75, 3.05) is 13.2 Å². The molecule has 1 amide bonds. The third-order valence-electron chi connectivity index (χ3n) is 4.81. The van der Waals surface area contributed by atoms with E-state index in [-0.39, 0.29) is 11.9 Å². The highest BCUT2D eigenvalue weighted by atomic mass is 16.5. The number of nitrogens with zero attached hydrogens (tertiary/aromatic N) is 4. The molecule has 2 aromatic heterocycles. The van der Waals surface area contributed by atoms with E-state index in [0.717, 1.165) is 25.3 Å². The van der Waals surface area contributed by atoms with Crippen LogP contribution in [0, 0.1) is 12.8 Å². The number of aryl methyl sites for hydroxylation is 2. The molecule has 1 saturated carbocycles. The lowest BCUT2D eigenvalue weighted by atomic mass is 10.1. The number of fused-ring (bicyclic) bond motifs is 1. The minimum atomic E-state index is -0.125. The Hall–Kier alpha value is -2.15. The van der Waals surface area contributed by atoms with Crippen molar-refractivity contribution in [3.8, 4) is 0 Å². The average molecular weight is 330 g/mol. The van der Waals surface area contributed by atoms with Gasteiger partial charge in [-0.05, 0) is 38.2 Å². The highest BCUT2D eigenvalue weighted by molar-refractivity contribution is 5.92. The van der Waals surface area contributed by atoms with Crippen LogP contribution in [-0.4, -0.2) is 44.8 Å². The number of carbonyl (C=O) groups is 1. The van der Waals surface area contributed by atoms with Gasteiger partial charge in [0.1, 0.15) is 0 Å². The third-order valence-corrected chi connectivity index (χ3v) is 4.81. The molecule has 0 saturated heterocycles. The fourth-order valence-corrected chi connectivity index (χ4v) is 3.13. The smallest absolute Gasteiger partial charge is 0.292 e. The van der Waals surface area contributed by atoms with Gasteiger partial charge in [-0.25, -0.2) is 4.98 Å². The van der Waals surface area contributed by atoms with Gasteiger partial charge in [0.25, 0.3) is 5.91 Å². The highest BCUT2D eigenvalue weighted by Crippen LogP contribution is 2.29. The maximum absolute atomic E-state index is 13.0. The van der Waals surface area contributed by atoms with E-state index in [4.69, 9.17) is 9.15 Å². The van der Waals surface area contributed by atoms with Crippen LogP contribution in [0.4, 0.5) is 0 Å². The molecule has 0 aromatic carbocycles. The van der Waals surface area contributed by atoms with Crippen molar-refractivity contribution in [1.82, 2.24) is 19.7 Å². The summed E-state index contributed by atoms with van der Waals surface area (Å²) in [5.74, 6) is 0.904. The van der Waals surface area contributed by atoms with Gasteiger partial charge in [0.2, 0.25) is 5.76 Å². The molecule has 3 heterocycles. The number of rotatable bonds is 5. The van der Waals surface area contributed by atoms with E-state index in [2.05, 4.69) is 10.1 Å². The van der Waals surface area contributed by atoms with Crippen LogP contribution in [0.3, 0.4) is 0 Å². The first kappa shape index (κ1) is 15.4. The third kappa shape index (κ3) is 3.08. The molecule has 128 valence electrons. The van der Waals surface area contributed by atoms with E-state index in [1.807, 2.05) is 15.6 Å². The zero-order valence-corrected chi connectivity index (χ0v) is 13.9. The Morgan fingerprint density at radius 1 is 1.38 bits per heavy atom. The molecule has 1 aliphatic carbocycles. The van der Waals surface area contributed by atoms with Crippen LogP contribution in [-0.2, 0) is 17.8 Å². The largest absolute Gasteiger partial charge is 0.438 e. The summed E-state index contributed by atoms with van der Waals surface area (Å²) in [7, 11) is 0.